The Kier molecular flexibility index (Phi) is 3.66. The first-order valence-corrected chi connectivity index (χ1v) is 5.80. The number of phenolic OH excluding ortho intramolecular Hbond substituents is 1. The van der Waals surface area contributed by atoms with Gasteiger partial charge in [0, 0.05) is 31.5 Å². The van der Waals surface area contributed by atoms with Crippen molar-refractivity contribution in [2.24, 2.45) is 0 Å². The van der Waals surface area contributed by atoms with Crippen molar-refractivity contribution in [3.8, 4) is 5.75 Å². The average Bonchev–Trinajstić information content (AvgIpc) is 2.41. The molecule has 0 spiro atoms. The molecule has 0 saturated carbocycles. The van der Waals surface area contributed by atoms with Gasteiger partial charge in [-0.25, -0.2) is 4.98 Å². The largest absolute Gasteiger partial charge is 0.508 e. The summed E-state index contributed by atoms with van der Waals surface area (Å²) in [6.07, 6.45) is 1.60. The van der Waals surface area contributed by atoms with Gasteiger partial charge in [0.05, 0.1) is 0 Å². The van der Waals surface area contributed by atoms with Crippen LogP contribution >= 0.6 is 0 Å². The zero-order chi connectivity index (χ0) is 13.8. The maximum Gasteiger partial charge on any atom is 0.255 e. The van der Waals surface area contributed by atoms with E-state index >= 15 is 0 Å². The molecule has 19 heavy (non-hydrogen) atoms. The maximum atomic E-state index is 12.1. The molecule has 0 fully saturated rings. The van der Waals surface area contributed by atoms with Crippen molar-refractivity contribution in [2.75, 3.05) is 24.3 Å². The van der Waals surface area contributed by atoms with Gasteiger partial charge in [0.25, 0.3) is 5.91 Å². The van der Waals surface area contributed by atoms with Crippen molar-refractivity contribution in [2.45, 2.75) is 0 Å². The Bertz CT molecular complexity index is 579. The Morgan fingerprint density at radius 1 is 1.21 bits per heavy atom. The second-order valence-corrected chi connectivity index (χ2v) is 4.30. The first kappa shape index (κ1) is 12.9. The number of aromatic hydroxyl groups is 1. The number of amides is 1. The molecule has 0 aliphatic rings. The van der Waals surface area contributed by atoms with Crippen LogP contribution in [0.2, 0.25) is 0 Å². The summed E-state index contributed by atoms with van der Waals surface area (Å²) < 4.78 is 0. The maximum absolute atomic E-state index is 12.1. The topological polar surface area (TPSA) is 65.5 Å². The van der Waals surface area contributed by atoms with Crippen LogP contribution in [0.1, 0.15) is 10.4 Å². The molecule has 0 aliphatic heterocycles. The molecule has 5 heteroatoms. The zero-order valence-electron chi connectivity index (χ0n) is 10.8. The second kappa shape index (κ2) is 5.39. The van der Waals surface area contributed by atoms with Gasteiger partial charge in [-0.3, -0.25) is 4.79 Å². The van der Waals surface area contributed by atoms with Crippen molar-refractivity contribution >= 4 is 17.4 Å². The van der Waals surface area contributed by atoms with Crippen LogP contribution in [-0.2, 0) is 0 Å². The van der Waals surface area contributed by atoms with E-state index in [1.165, 1.54) is 12.1 Å². The number of hydrogen-bond donors (Lipinski definition) is 2. The van der Waals surface area contributed by atoms with Crippen molar-refractivity contribution < 1.29 is 9.90 Å². The Morgan fingerprint density at radius 2 is 1.89 bits per heavy atom. The Balaban J connectivity index is 2.15. The number of carbonyl (C=O) groups is 1. The van der Waals surface area contributed by atoms with Crippen LogP contribution < -0.4 is 10.2 Å². The van der Waals surface area contributed by atoms with Gasteiger partial charge in [-0.1, -0.05) is 0 Å². The van der Waals surface area contributed by atoms with Gasteiger partial charge in [-0.05, 0) is 36.4 Å². The number of rotatable bonds is 3. The monoisotopic (exact) mass is 257 g/mol. The van der Waals surface area contributed by atoms with Crippen LogP contribution in [0.15, 0.2) is 42.6 Å². The third kappa shape index (κ3) is 3.22. The summed E-state index contributed by atoms with van der Waals surface area (Å²) in [5, 5.41) is 11.9. The van der Waals surface area contributed by atoms with Gasteiger partial charge < -0.3 is 15.3 Å². The minimum absolute atomic E-state index is 0.164. The molecular formula is C14H15N3O2. The third-order valence-electron chi connectivity index (χ3n) is 2.59. The zero-order valence-corrected chi connectivity index (χ0v) is 10.8. The number of carbonyl (C=O) groups excluding carboxylic acids is 1. The van der Waals surface area contributed by atoms with E-state index in [9.17, 15) is 9.90 Å². The molecule has 1 aromatic heterocycles. The van der Waals surface area contributed by atoms with Gasteiger partial charge in [0.2, 0.25) is 0 Å². The first-order chi connectivity index (χ1) is 9.06. The Morgan fingerprint density at radius 3 is 2.53 bits per heavy atom. The highest BCUT2D eigenvalue weighted by Gasteiger charge is 2.08. The smallest absolute Gasteiger partial charge is 0.255 e. The van der Waals surface area contributed by atoms with Crippen LogP contribution in [-0.4, -0.2) is 30.1 Å². The molecule has 5 nitrogen and oxygen atoms in total. The summed E-state index contributed by atoms with van der Waals surface area (Å²) in [5.41, 5.74) is 1.16. The molecule has 2 N–H and O–H groups in total. The van der Waals surface area contributed by atoms with Crippen LogP contribution in [0.5, 0.6) is 5.75 Å². The number of benzene rings is 1. The lowest BCUT2D eigenvalue weighted by molar-refractivity contribution is 0.102. The SMILES string of the molecule is CN(C)c1cc(C(=O)Nc2ccc(O)cc2)ccn1. The van der Waals surface area contributed by atoms with Crippen molar-refractivity contribution in [1.29, 1.82) is 0 Å². The van der Waals surface area contributed by atoms with Gasteiger partial charge in [-0.15, -0.1) is 0 Å². The lowest BCUT2D eigenvalue weighted by Gasteiger charge is -2.12. The Hall–Kier alpha value is -2.56. The molecule has 0 radical (unpaired) electrons. The van der Waals surface area contributed by atoms with E-state index < -0.39 is 0 Å². The fourth-order valence-electron chi connectivity index (χ4n) is 1.55. The molecule has 2 aromatic rings. The summed E-state index contributed by atoms with van der Waals surface area (Å²) in [6.45, 7) is 0. The van der Waals surface area contributed by atoms with Gasteiger partial charge in [-0.2, -0.15) is 0 Å². The van der Waals surface area contributed by atoms with Crippen molar-refractivity contribution in [1.82, 2.24) is 4.98 Å². The molecule has 1 heterocycles. The van der Waals surface area contributed by atoms with E-state index in [0.29, 0.717) is 11.3 Å². The van der Waals surface area contributed by atoms with Crippen molar-refractivity contribution in [3.05, 3.63) is 48.2 Å². The summed E-state index contributed by atoms with van der Waals surface area (Å²) in [6, 6.07) is 9.70. The number of pyridine rings is 1. The normalized spacial score (nSPS) is 10.0. The molecule has 0 atom stereocenters. The number of anilines is 2. The quantitative estimate of drug-likeness (QED) is 0.826. The summed E-state index contributed by atoms with van der Waals surface area (Å²) >= 11 is 0. The number of nitrogens with one attached hydrogen (secondary N) is 1. The highest BCUT2D eigenvalue weighted by atomic mass is 16.3. The number of aromatic nitrogens is 1. The highest BCUT2D eigenvalue weighted by Crippen LogP contribution is 2.16. The van der Waals surface area contributed by atoms with Gasteiger partial charge >= 0.3 is 0 Å². The molecule has 2 rings (SSSR count). The first-order valence-electron chi connectivity index (χ1n) is 5.80. The molecular weight excluding hydrogens is 242 g/mol. The molecule has 1 amide bonds. The number of nitrogens with zero attached hydrogens (tertiary/aromatic N) is 2. The van der Waals surface area contributed by atoms with E-state index in [2.05, 4.69) is 10.3 Å². The number of hydrogen-bond acceptors (Lipinski definition) is 4. The predicted molar refractivity (Wildman–Crippen MR) is 74.6 cm³/mol. The summed E-state index contributed by atoms with van der Waals surface area (Å²) in [7, 11) is 3.73. The molecule has 0 saturated heterocycles. The standard InChI is InChI=1S/C14H15N3O2/c1-17(2)13-9-10(7-8-15-13)14(19)16-11-3-5-12(18)6-4-11/h3-9,18H,1-2H3,(H,16,19). The van der Waals surface area contributed by atoms with Crippen LogP contribution in [0.25, 0.3) is 0 Å². The minimum Gasteiger partial charge on any atom is -0.508 e. The van der Waals surface area contributed by atoms with Crippen LogP contribution in [0, 0.1) is 0 Å². The molecule has 0 unspecified atom stereocenters. The Labute approximate surface area is 111 Å². The van der Waals surface area contributed by atoms with E-state index in [-0.39, 0.29) is 11.7 Å². The lowest BCUT2D eigenvalue weighted by Crippen LogP contribution is -2.15. The van der Waals surface area contributed by atoms with Crippen molar-refractivity contribution in [3.63, 3.8) is 0 Å². The summed E-state index contributed by atoms with van der Waals surface area (Å²) in [5.74, 6) is 0.673. The third-order valence-corrected chi connectivity index (χ3v) is 2.59. The number of phenols is 1. The van der Waals surface area contributed by atoms with Gasteiger partial charge in [0.15, 0.2) is 0 Å². The molecule has 98 valence electrons. The lowest BCUT2D eigenvalue weighted by atomic mass is 10.2. The van der Waals surface area contributed by atoms with E-state index in [0.717, 1.165) is 5.82 Å². The highest BCUT2D eigenvalue weighted by molar-refractivity contribution is 6.04. The summed E-state index contributed by atoms with van der Waals surface area (Å²) in [4.78, 5) is 18.0. The molecule has 0 aliphatic carbocycles. The fourth-order valence-corrected chi connectivity index (χ4v) is 1.55. The van der Waals surface area contributed by atoms with E-state index in [1.54, 1.807) is 30.5 Å². The van der Waals surface area contributed by atoms with Gasteiger partial charge in [0.1, 0.15) is 11.6 Å². The minimum atomic E-state index is -0.212. The average molecular weight is 257 g/mol. The fraction of sp³-hybridized carbons (Fsp3) is 0.143. The second-order valence-electron chi connectivity index (χ2n) is 4.30. The molecule has 1 aromatic carbocycles. The van der Waals surface area contributed by atoms with E-state index in [4.69, 9.17) is 0 Å². The van der Waals surface area contributed by atoms with E-state index in [1.807, 2.05) is 19.0 Å². The van der Waals surface area contributed by atoms with Crippen LogP contribution in [0.4, 0.5) is 11.5 Å². The van der Waals surface area contributed by atoms with Crippen LogP contribution in [0.3, 0.4) is 0 Å². The molecule has 0 bridgehead atoms. The predicted octanol–water partition coefficient (Wildman–Crippen LogP) is 2.11.